The number of Topliss-reactive ketones (excluding diaryl/α,β-unsaturated/α-hetero) is 1. The monoisotopic (exact) mass is 227 g/mol. The van der Waals surface area contributed by atoms with Crippen LogP contribution >= 0.6 is 0 Å². The molecule has 1 atom stereocenters. The molecule has 0 bridgehead atoms. The maximum atomic E-state index is 13.4. The third-order valence-electron chi connectivity index (χ3n) is 2.95. The predicted octanol–water partition coefficient (Wildman–Crippen LogP) is 2.52. The van der Waals surface area contributed by atoms with Crippen LogP contribution in [0.5, 0.6) is 0 Å². The fraction of sp³-hybridized carbons (Fsp3) is 0.417. The quantitative estimate of drug-likeness (QED) is 0.803. The number of hydrogen-bond acceptors (Lipinski definition) is 2. The van der Waals surface area contributed by atoms with E-state index in [0.717, 1.165) is 12.1 Å². The largest absolute Gasteiger partial charge is 0.329 e. The van der Waals surface area contributed by atoms with Crippen molar-refractivity contribution in [1.29, 1.82) is 0 Å². The highest BCUT2D eigenvalue weighted by atomic mass is 19.1. The Kier molecular flexibility index (Phi) is 3.75. The molecular formula is C12H15F2NO. The molecule has 1 aromatic rings. The molecule has 1 rings (SSSR count). The van der Waals surface area contributed by atoms with E-state index in [1.165, 1.54) is 0 Å². The van der Waals surface area contributed by atoms with E-state index in [4.69, 9.17) is 5.73 Å². The molecule has 1 unspecified atom stereocenters. The first kappa shape index (κ1) is 12.8. The van der Waals surface area contributed by atoms with Gasteiger partial charge in [-0.25, -0.2) is 8.78 Å². The number of nitrogens with two attached hydrogens (primary N) is 1. The second-order valence-electron chi connectivity index (χ2n) is 4.07. The zero-order chi connectivity index (χ0) is 12.3. The van der Waals surface area contributed by atoms with Crippen molar-refractivity contribution in [2.45, 2.75) is 20.3 Å². The molecule has 0 saturated heterocycles. The van der Waals surface area contributed by atoms with Gasteiger partial charge in [0.05, 0.1) is 5.56 Å². The molecule has 16 heavy (non-hydrogen) atoms. The Labute approximate surface area is 93.5 Å². The van der Waals surface area contributed by atoms with Crippen LogP contribution in [0.3, 0.4) is 0 Å². The van der Waals surface area contributed by atoms with Gasteiger partial charge in [0.25, 0.3) is 0 Å². The van der Waals surface area contributed by atoms with Crippen molar-refractivity contribution in [3.63, 3.8) is 0 Å². The van der Waals surface area contributed by atoms with Gasteiger partial charge >= 0.3 is 0 Å². The normalized spacial score (nSPS) is 14.6. The lowest BCUT2D eigenvalue weighted by Gasteiger charge is -2.24. The SMILES string of the molecule is CCC(C)(CN)C(=O)c1ccc(F)cc1F. The predicted molar refractivity (Wildman–Crippen MR) is 58.1 cm³/mol. The minimum Gasteiger partial charge on any atom is -0.329 e. The maximum absolute atomic E-state index is 13.4. The summed E-state index contributed by atoms with van der Waals surface area (Å²) in [6.07, 6.45) is 0.513. The van der Waals surface area contributed by atoms with Crippen molar-refractivity contribution in [2.24, 2.45) is 11.1 Å². The molecule has 0 fully saturated rings. The Morgan fingerprint density at radius 3 is 2.50 bits per heavy atom. The number of carbonyl (C=O) groups excluding carboxylic acids is 1. The summed E-state index contributed by atoms with van der Waals surface area (Å²) in [5.41, 5.74) is 4.62. The number of halogens is 2. The Balaban J connectivity index is 3.14. The van der Waals surface area contributed by atoms with Crippen LogP contribution < -0.4 is 5.73 Å². The average molecular weight is 227 g/mol. The number of rotatable bonds is 4. The van der Waals surface area contributed by atoms with Gasteiger partial charge < -0.3 is 5.73 Å². The molecular weight excluding hydrogens is 212 g/mol. The van der Waals surface area contributed by atoms with Gasteiger partial charge in [-0.3, -0.25) is 4.79 Å². The van der Waals surface area contributed by atoms with E-state index in [1.54, 1.807) is 6.92 Å². The van der Waals surface area contributed by atoms with Crippen LogP contribution in [0.15, 0.2) is 18.2 Å². The molecule has 0 aromatic heterocycles. The van der Waals surface area contributed by atoms with Gasteiger partial charge in [-0.15, -0.1) is 0 Å². The Morgan fingerprint density at radius 2 is 2.06 bits per heavy atom. The first-order chi connectivity index (χ1) is 7.44. The molecule has 0 heterocycles. The van der Waals surface area contributed by atoms with E-state index in [-0.39, 0.29) is 17.9 Å². The first-order valence-corrected chi connectivity index (χ1v) is 5.14. The molecule has 0 amide bonds. The summed E-state index contributed by atoms with van der Waals surface area (Å²) in [7, 11) is 0. The Morgan fingerprint density at radius 1 is 1.44 bits per heavy atom. The lowest BCUT2D eigenvalue weighted by atomic mass is 9.80. The number of carbonyl (C=O) groups is 1. The van der Waals surface area contributed by atoms with E-state index in [1.807, 2.05) is 6.92 Å². The van der Waals surface area contributed by atoms with Crippen LogP contribution in [0.4, 0.5) is 8.78 Å². The van der Waals surface area contributed by atoms with Crippen molar-refractivity contribution in [2.75, 3.05) is 6.54 Å². The summed E-state index contributed by atoms with van der Waals surface area (Å²) in [4.78, 5) is 12.0. The van der Waals surface area contributed by atoms with Crippen LogP contribution in [-0.2, 0) is 0 Å². The number of hydrogen-bond donors (Lipinski definition) is 1. The molecule has 0 aliphatic rings. The molecule has 2 nitrogen and oxygen atoms in total. The van der Waals surface area contributed by atoms with E-state index >= 15 is 0 Å². The second-order valence-corrected chi connectivity index (χ2v) is 4.07. The van der Waals surface area contributed by atoms with Crippen LogP contribution in [0, 0.1) is 17.0 Å². The highest BCUT2D eigenvalue weighted by Crippen LogP contribution is 2.26. The summed E-state index contributed by atoms with van der Waals surface area (Å²) in [5.74, 6) is -1.91. The van der Waals surface area contributed by atoms with Gasteiger partial charge in [0.2, 0.25) is 0 Å². The highest BCUT2D eigenvalue weighted by Gasteiger charge is 2.32. The van der Waals surface area contributed by atoms with Crippen molar-refractivity contribution in [3.8, 4) is 0 Å². The second kappa shape index (κ2) is 4.70. The molecule has 1 aromatic carbocycles. The maximum Gasteiger partial charge on any atom is 0.172 e. The third-order valence-corrected chi connectivity index (χ3v) is 2.95. The van der Waals surface area contributed by atoms with Crippen molar-refractivity contribution >= 4 is 5.78 Å². The summed E-state index contributed by atoms with van der Waals surface area (Å²) in [5, 5.41) is 0. The smallest absolute Gasteiger partial charge is 0.172 e. The molecule has 0 radical (unpaired) electrons. The highest BCUT2D eigenvalue weighted by molar-refractivity contribution is 6.00. The topological polar surface area (TPSA) is 43.1 Å². The van der Waals surface area contributed by atoms with E-state index in [0.29, 0.717) is 12.5 Å². The third kappa shape index (κ3) is 2.27. The van der Waals surface area contributed by atoms with Crippen LogP contribution in [-0.4, -0.2) is 12.3 Å². The molecule has 0 saturated carbocycles. The van der Waals surface area contributed by atoms with Gasteiger partial charge in [0, 0.05) is 18.0 Å². The van der Waals surface area contributed by atoms with Gasteiger partial charge in [0.15, 0.2) is 5.78 Å². The number of benzene rings is 1. The van der Waals surface area contributed by atoms with Crippen LogP contribution in [0.2, 0.25) is 0 Å². The fourth-order valence-electron chi connectivity index (χ4n) is 1.40. The van der Waals surface area contributed by atoms with Crippen LogP contribution in [0.1, 0.15) is 30.6 Å². The minimum atomic E-state index is -0.835. The Hall–Kier alpha value is -1.29. The Bertz CT molecular complexity index is 400. The summed E-state index contributed by atoms with van der Waals surface area (Å²) in [6, 6.07) is 2.94. The van der Waals surface area contributed by atoms with Gasteiger partial charge in [-0.05, 0) is 18.6 Å². The molecule has 0 aliphatic heterocycles. The number of ketones is 1. The van der Waals surface area contributed by atoms with Crippen molar-refractivity contribution in [1.82, 2.24) is 0 Å². The first-order valence-electron chi connectivity index (χ1n) is 5.14. The van der Waals surface area contributed by atoms with Gasteiger partial charge in [-0.2, -0.15) is 0 Å². The summed E-state index contributed by atoms with van der Waals surface area (Å²) in [6.45, 7) is 3.63. The minimum absolute atomic E-state index is 0.101. The van der Waals surface area contributed by atoms with E-state index in [2.05, 4.69) is 0 Å². The lowest BCUT2D eigenvalue weighted by Crippen LogP contribution is -2.35. The van der Waals surface area contributed by atoms with Crippen molar-refractivity contribution < 1.29 is 13.6 Å². The van der Waals surface area contributed by atoms with E-state index in [9.17, 15) is 13.6 Å². The average Bonchev–Trinajstić information content (AvgIpc) is 2.27. The zero-order valence-electron chi connectivity index (χ0n) is 9.39. The molecule has 0 spiro atoms. The van der Waals surface area contributed by atoms with E-state index < -0.39 is 17.0 Å². The summed E-state index contributed by atoms with van der Waals surface area (Å²) >= 11 is 0. The van der Waals surface area contributed by atoms with Gasteiger partial charge in [0.1, 0.15) is 11.6 Å². The molecule has 2 N–H and O–H groups in total. The van der Waals surface area contributed by atoms with Crippen LogP contribution in [0.25, 0.3) is 0 Å². The van der Waals surface area contributed by atoms with Crippen molar-refractivity contribution in [3.05, 3.63) is 35.4 Å². The van der Waals surface area contributed by atoms with Gasteiger partial charge in [-0.1, -0.05) is 13.8 Å². The molecule has 0 aliphatic carbocycles. The summed E-state index contributed by atoms with van der Waals surface area (Å²) < 4.78 is 26.1. The molecule has 4 heteroatoms. The standard InChI is InChI=1S/C12H15F2NO/c1-3-12(2,7-15)11(16)9-5-4-8(13)6-10(9)14/h4-6H,3,7,15H2,1-2H3. The molecule has 88 valence electrons. The lowest BCUT2D eigenvalue weighted by molar-refractivity contribution is 0.0815. The zero-order valence-corrected chi connectivity index (χ0v) is 9.39. The fourth-order valence-corrected chi connectivity index (χ4v) is 1.40.